The van der Waals surface area contributed by atoms with Gasteiger partial charge in [0.15, 0.2) is 0 Å². The summed E-state index contributed by atoms with van der Waals surface area (Å²) in [6.07, 6.45) is 3.13. The summed E-state index contributed by atoms with van der Waals surface area (Å²) in [5.74, 6) is -1.03. The van der Waals surface area contributed by atoms with E-state index in [-0.39, 0.29) is 23.9 Å². The van der Waals surface area contributed by atoms with Crippen LogP contribution in [0.4, 0.5) is 0 Å². The van der Waals surface area contributed by atoms with Gasteiger partial charge in [0.2, 0.25) is 0 Å². The predicted molar refractivity (Wildman–Crippen MR) is 106 cm³/mol. The second kappa shape index (κ2) is 7.90. The largest absolute Gasteiger partial charge is 0.330 e. The molecule has 0 bridgehead atoms. The smallest absolute Gasteiger partial charge is 0.261 e. The molecular weight excluding hydrogens is 384 g/mol. The molecule has 0 N–H and O–H groups in total. The van der Waals surface area contributed by atoms with Crippen LogP contribution < -0.4 is 0 Å². The van der Waals surface area contributed by atoms with Crippen molar-refractivity contribution in [1.29, 1.82) is 0 Å². The number of thiophene rings is 1. The molecule has 3 amide bonds. The van der Waals surface area contributed by atoms with E-state index in [4.69, 9.17) is 11.6 Å². The van der Waals surface area contributed by atoms with Crippen molar-refractivity contribution in [3.8, 4) is 0 Å². The third-order valence-electron chi connectivity index (χ3n) is 4.14. The van der Waals surface area contributed by atoms with Gasteiger partial charge < -0.3 is 4.90 Å². The van der Waals surface area contributed by atoms with Crippen molar-refractivity contribution in [2.45, 2.75) is 6.54 Å². The van der Waals surface area contributed by atoms with E-state index in [1.807, 2.05) is 6.07 Å². The highest BCUT2D eigenvalue weighted by Crippen LogP contribution is 2.26. The summed E-state index contributed by atoms with van der Waals surface area (Å²) in [5, 5.41) is 0. The topological polar surface area (TPSA) is 57.7 Å². The Kier molecular flexibility index (Phi) is 5.58. The van der Waals surface area contributed by atoms with Gasteiger partial charge in [-0.25, -0.2) is 0 Å². The fraction of sp³-hybridized carbons (Fsp3) is 0.150. The van der Waals surface area contributed by atoms with Crippen LogP contribution in [0.15, 0.2) is 55.6 Å². The number of benzene rings is 1. The van der Waals surface area contributed by atoms with Gasteiger partial charge in [0.05, 0.1) is 22.0 Å². The molecule has 7 heteroatoms. The molecule has 0 fully saturated rings. The maximum Gasteiger partial charge on any atom is 0.261 e. The zero-order valence-electron chi connectivity index (χ0n) is 14.5. The van der Waals surface area contributed by atoms with Crippen LogP contribution in [0, 0.1) is 0 Å². The van der Waals surface area contributed by atoms with E-state index in [2.05, 4.69) is 13.2 Å². The minimum absolute atomic E-state index is 0.136. The lowest BCUT2D eigenvalue weighted by atomic mass is 10.0. The summed E-state index contributed by atoms with van der Waals surface area (Å²) in [4.78, 5) is 41.4. The van der Waals surface area contributed by atoms with E-state index >= 15 is 0 Å². The van der Waals surface area contributed by atoms with Gasteiger partial charge in [-0.15, -0.1) is 24.5 Å². The monoisotopic (exact) mass is 400 g/mol. The fourth-order valence-corrected chi connectivity index (χ4v) is 4.00. The average Bonchev–Trinajstić information content (AvgIpc) is 3.17. The number of imide groups is 1. The van der Waals surface area contributed by atoms with Gasteiger partial charge in [0.25, 0.3) is 17.7 Å². The molecule has 0 saturated heterocycles. The SMILES string of the molecule is C=CCN(Cc1ccc(Cl)s1)C(=O)c1ccc2c(c1)C(=O)N(CC=C)C2=O. The molecule has 138 valence electrons. The maximum absolute atomic E-state index is 13.0. The van der Waals surface area contributed by atoms with Crippen LogP contribution >= 0.6 is 22.9 Å². The summed E-state index contributed by atoms with van der Waals surface area (Å²) >= 11 is 7.37. The number of rotatable bonds is 7. The zero-order chi connectivity index (χ0) is 19.6. The molecular formula is C20H17ClN2O3S. The van der Waals surface area contributed by atoms with Crippen molar-refractivity contribution < 1.29 is 14.4 Å². The fourth-order valence-electron chi connectivity index (χ4n) is 2.90. The van der Waals surface area contributed by atoms with Crippen molar-refractivity contribution in [2.75, 3.05) is 13.1 Å². The third kappa shape index (κ3) is 3.72. The van der Waals surface area contributed by atoms with Crippen molar-refractivity contribution >= 4 is 40.7 Å². The van der Waals surface area contributed by atoms with Crippen LogP contribution in [0.3, 0.4) is 0 Å². The first kappa shape index (κ1) is 19.1. The molecule has 0 atom stereocenters. The number of carbonyl (C=O) groups excluding carboxylic acids is 3. The minimum atomic E-state index is -0.412. The number of halogens is 1. The molecule has 5 nitrogen and oxygen atoms in total. The Bertz CT molecular complexity index is 950. The predicted octanol–water partition coefficient (Wildman–Crippen LogP) is 4.01. The van der Waals surface area contributed by atoms with Gasteiger partial charge in [0, 0.05) is 23.5 Å². The lowest BCUT2D eigenvalue weighted by Crippen LogP contribution is -2.30. The number of amides is 3. The molecule has 3 rings (SSSR count). The maximum atomic E-state index is 13.0. The summed E-state index contributed by atoms with van der Waals surface area (Å²) in [7, 11) is 0. The molecule has 1 aromatic carbocycles. The molecule has 1 aliphatic rings. The van der Waals surface area contributed by atoms with E-state index in [0.29, 0.717) is 28.6 Å². The van der Waals surface area contributed by atoms with Crippen LogP contribution in [-0.4, -0.2) is 40.6 Å². The number of fused-ring (bicyclic) bond motifs is 1. The molecule has 1 aliphatic heterocycles. The first-order valence-electron chi connectivity index (χ1n) is 8.21. The van der Waals surface area contributed by atoms with E-state index in [1.54, 1.807) is 23.1 Å². The second-order valence-corrected chi connectivity index (χ2v) is 7.75. The lowest BCUT2D eigenvalue weighted by molar-refractivity contribution is 0.0671. The average molecular weight is 401 g/mol. The van der Waals surface area contributed by atoms with Crippen molar-refractivity contribution in [3.05, 3.63) is 81.5 Å². The van der Waals surface area contributed by atoms with Crippen LogP contribution in [0.1, 0.15) is 36.0 Å². The molecule has 0 aliphatic carbocycles. The van der Waals surface area contributed by atoms with Crippen LogP contribution in [-0.2, 0) is 6.54 Å². The molecule has 0 radical (unpaired) electrons. The highest BCUT2D eigenvalue weighted by molar-refractivity contribution is 7.16. The number of carbonyl (C=O) groups is 3. The summed E-state index contributed by atoms with van der Waals surface area (Å²) in [6, 6.07) is 8.24. The lowest BCUT2D eigenvalue weighted by Gasteiger charge is -2.20. The Labute approximate surface area is 166 Å². The van der Waals surface area contributed by atoms with Crippen LogP contribution in [0.2, 0.25) is 4.34 Å². The minimum Gasteiger partial charge on any atom is -0.330 e. The second-order valence-electron chi connectivity index (χ2n) is 5.95. The van der Waals surface area contributed by atoms with E-state index in [9.17, 15) is 14.4 Å². The van der Waals surface area contributed by atoms with Crippen molar-refractivity contribution in [1.82, 2.24) is 9.80 Å². The first-order chi connectivity index (χ1) is 13.0. The van der Waals surface area contributed by atoms with Crippen molar-refractivity contribution in [3.63, 3.8) is 0 Å². The number of hydrogen-bond donors (Lipinski definition) is 0. The van der Waals surface area contributed by atoms with Gasteiger partial charge in [-0.2, -0.15) is 0 Å². The van der Waals surface area contributed by atoms with Gasteiger partial charge in [-0.3, -0.25) is 19.3 Å². The van der Waals surface area contributed by atoms with Gasteiger partial charge in [-0.05, 0) is 30.3 Å². The number of hydrogen-bond acceptors (Lipinski definition) is 4. The molecule has 0 spiro atoms. The Morgan fingerprint density at radius 3 is 2.48 bits per heavy atom. The molecule has 0 unspecified atom stereocenters. The zero-order valence-corrected chi connectivity index (χ0v) is 16.1. The molecule has 27 heavy (non-hydrogen) atoms. The van der Waals surface area contributed by atoms with E-state index in [0.717, 1.165) is 9.78 Å². The van der Waals surface area contributed by atoms with E-state index in [1.165, 1.54) is 29.5 Å². The summed E-state index contributed by atoms with van der Waals surface area (Å²) in [5.41, 5.74) is 0.893. The summed E-state index contributed by atoms with van der Waals surface area (Å²) < 4.78 is 0.653. The summed E-state index contributed by atoms with van der Waals surface area (Å²) in [6.45, 7) is 8.13. The van der Waals surface area contributed by atoms with E-state index < -0.39 is 5.91 Å². The van der Waals surface area contributed by atoms with Gasteiger partial charge >= 0.3 is 0 Å². The highest BCUT2D eigenvalue weighted by Gasteiger charge is 2.35. The Morgan fingerprint density at radius 2 is 1.85 bits per heavy atom. The highest BCUT2D eigenvalue weighted by atomic mass is 35.5. The Hall–Kier alpha value is -2.70. The Balaban J connectivity index is 1.88. The molecule has 2 aromatic rings. The van der Waals surface area contributed by atoms with Crippen LogP contribution in [0.25, 0.3) is 0 Å². The van der Waals surface area contributed by atoms with Gasteiger partial charge in [-0.1, -0.05) is 23.8 Å². The Morgan fingerprint density at radius 1 is 1.11 bits per heavy atom. The van der Waals surface area contributed by atoms with Crippen LogP contribution in [0.5, 0.6) is 0 Å². The van der Waals surface area contributed by atoms with Crippen molar-refractivity contribution in [2.24, 2.45) is 0 Å². The van der Waals surface area contributed by atoms with Gasteiger partial charge in [0.1, 0.15) is 0 Å². The number of nitrogens with zero attached hydrogens (tertiary/aromatic N) is 2. The molecule has 1 aromatic heterocycles. The third-order valence-corrected chi connectivity index (χ3v) is 5.36. The standard InChI is InChI=1S/C20H17ClN2O3S/c1-3-9-22(12-14-6-8-17(21)27-14)18(24)13-5-7-15-16(11-13)20(26)23(10-4-2)19(15)25/h3-8,11H,1-2,9-10,12H2. The normalized spacial score (nSPS) is 12.9. The quantitative estimate of drug-likeness (QED) is 0.521. The molecule has 2 heterocycles. The first-order valence-corrected chi connectivity index (χ1v) is 9.41. The molecule has 0 saturated carbocycles.